The number of halogens is 2. The summed E-state index contributed by atoms with van der Waals surface area (Å²) in [7, 11) is 0. The average Bonchev–Trinajstić information content (AvgIpc) is 2.74. The van der Waals surface area contributed by atoms with Crippen molar-refractivity contribution in [2.24, 2.45) is 9.98 Å². The first-order valence-electron chi connectivity index (χ1n) is 11.2. The molecule has 0 aliphatic carbocycles. The summed E-state index contributed by atoms with van der Waals surface area (Å²) < 4.78 is 0. The van der Waals surface area contributed by atoms with E-state index in [0.29, 0.717) is 0 Å². The van der Waals surface area contributed by atoms with E-state index >= 15 is 0 Å². The Hall–Kier alpha value is -1.64. The molecule has 0 aliphatic rings. The predicted octanol–water partition coefficient (Wildman–Crippen LogP) is 9.01. The molecule has 0 heterocycles. The highest BCUT2D eigenvalue weighted by atomic mass is 35.5. The third-order valence-electron chi connectivity index (χ3n) is 5.74. The summed E-state index contributed by atoms with van der Waals surface area (Å²) in [6.45, 7) is 12.8. The summed E-state index contributed by atoms with van der Waals surface area (Å²) in [5.41, 5.74) is 6.49. The zero-order valence-electron chi connectivity index (χ0n) is 19.8. The molecule has 0 spiro atoms. The van der Waals surface area contributed by atoms with Gasteiger partial charge < -0.3 is 0 Å². The van der Waals surface area contributed by atoms with Crippen LogP contribution in [0.3, 0.4) is 0 Å². The maximum absolute atomic E-state index is 6.25. The minimum Gasteiger partial charge on any atom is -0.258 e. The van der Waals surface area contributed by atoms with Crippen LogP contribution in [0.1, 0.15) is 78.4 Å². The smallest absolute Gasteiger partial charge is 0.0629 e. The van der Waals surface area contributed by atoms with Gasteiger partial charge >= 0.3 is 0 Å². The van der Waals surface area contributed by atoms with E-state index in [4.69, 9.17) is 33.2 Å². The lowest BCUT2D eigenvalue weighted by molar-refractivity contribution is 0.641. The quantitative estimate of drug-likeness (QED) is 0.250. The molecule has 0 amide bonds. The molecule has 0 radical (unpaired) electrons. The van der Waals surface area contributed by atoms with Crippen molar-refractivity contribution >= 4 is 46.0 Å². The van der Waals surface area contributed by atoms with Crippen LogP contribution in [-0.4, -0.2) is 22.2 Å². The van der Waals surface area contributed by atoms with Gasteiger partial charge in [-0.2, -0.15) is 0 Å². The molecule has 168 valence electrons. The molecule has 0 N–H and O–H groups in total. The van der Waals surface area contributed by atoms with Gasteiger partial charge in [-0.15, -0.1) is 23.2 Å². The van der Waals surface area contributed by atoms with Gasteiger partial charge in [0.15, 0.2) is 0 Å². The van der Waals surface area contributed by atoms with Crippen molar-refractivity contribution in [1.29, 1.82) is 0 Å². The molecule has 0 aliphatic heterocycles. The van der Waals surface area contributed by atoms with Gasteiger partial charge in [0.2, 0.25) is 0 Å². The summed E-state index contributed by atoms with van der Waals surface area (Å²) >= 11 is 12.5. The van der Waals surface area contributed by atoms with E-state index in [2.05, 4.69) is 76.2 Å². The van der Waals surface area contributed by atoms with Gasteiger partial charge in [0.05, 0.1) is 11.4 Å². The molecule has 0 saturated carbocycles. The number of alkyl halides is 2. The van der Waals surface area contributed by atoms with Gasteiger partial charge in [0.1, 0.15) is 0 Å². The van der Waals surface area contributed by atoms with Gasteiger partial charge in [-0.3, -0.25) is 9.98 Å². The van der Waals surface area contributed by atoms with Crippen molar-refractivity contribution < 1.29 is 0 Å². The average molecular weight is 460 g/mol. The van der Waals surface area contributed by atoms with Gasteiger partial charge in [0, 0.05) is 40.4 Å². The molecule has 31 heavy (non-hydrogen) atoms. The lowest BCUT2D eigenvalue weighted by atomic mass is 9.78. The second kappa shape index (κ2) is 11.8. The molecular formula is C27H36Cl2N2. The van der Waals surface area contributed by atoms with Crippen molar-refractivity contribution in [1.82, 2.24) is 0 Å². The fourth-order valence-electron chi connectivity index (χ4n) is 3.53. The Morgan fingerprint density at radius 3 is 1.32 bits per heavy atom. The highest BCUT2D eigenvalue weighted by Crippen LogP contribution is 2.33. The SMILES string of the molecule is CCC(Cl)CC(C)=Nc1ccc(C(C)(C)c2ccc(N=C(C)CC(Cl)CC)cc2)cc1. The van der Waals surface area contributed by atoms with Crippen molar-refractivity contribution in [3.05, 3.63) is 59.7 Å². The molecule has 0 aromatic heterocycles. The van der Waals surface area contributed by atoms with Crippen molar-refractivity contribution in [2.75, 3.05) is 0 Å². The Balaban J connectivity index is 2.14. The zero-order chi connectivity index (χ0) is 23.0. The van der Waals surface area contributed by atoms with E-state index in [1.165, 1.54) is 11.1 Å². The molecule has 2 unspecified atom stereocenters. The largest absolute Gasteiger partial charge is 0.258 e. The van der Waals surface area contributed by atoms with E-state index in [9.17, 15) is 0 Å². The molecule has 2 nitrogen and oxygen atoms in total. The zero-order valence-corrected chi connectivity index (χ0v) is 21.3. The summed E-state index contributed by atoms with van der Waals surface area (Å²) in [6, 6.07) is 17.1. The third-order valence-corrected chi connectivity index (χ3v) is 6.66. The fourth-order valence-corrected chi connectivity index (χ4v) is 3.98. The van der Waals surface area contributed by atoms with Gasteiger partial charge in [-0.05, 0) is 62.1 Å². The Morgan fingerprint density at radius 2 is 1.03 bits per heavy atom. The second-order valence-electron chi connectivity index (χ2n) is 8.83. The van der Waals surface area contributed by atoms with Crippen molar-refractivity contribution in [3.8, 4) is 0 Å². The Morgan fingerprint density at radius 1 is 0.710 bits per heavy atom. The summed E-state index contributed by atoms with van der Waals surface area (Å²) in [4.78, 5) is 9.43. The molecular weight excluding hydrogens is 423 g/mol. The molecule has 0 bridgehead atoms. The Kier molecular flexibility index (Phi) is 9.78. The van der Waals surface area contributed by atoms with Crippen molar-refractivity contribution in [2.45, 2.75) is 83.4 Å². The van der Waals surface area contributed by atoms with Gasteiger partial charge in [-0.1, -0.05) is 52.0 Å². The van der Waals surface area contributed by atoms with Crippen LogP contribution < -0.4 is 0 Å². The first kappa shape index (κ1) is 25.6. The van der Waals surface area contributed by atoms with Crippen LogP contribution in [0.5, 0.6) is 0 Å². The van der Waals surface area contributed by atoms with Gasteiger partial charge in [0.25, 0.3) is 0 Å². The summed E-state index contributed by atoms with van der Waals surface area (Å²) in [5, 5.41) is 0.308. The molecule has 4 heteroatoms. The second-order valence-corrected chi connectivity index (χ2v) is 10.1. The fraction of sp³-hybridized carbons (Fsp3) is 0.481. The predicted molar refractivity (Wildman–Crippen MR) is 140 cm³/mol. The van der Waals surface area contributed by atoms with E-state index in [1.54, 1.807) is 0 Å². The monoisotopic (exact) mass is 458 g/mol. The van der Waals surface area contributed by atoms with Gasteiger partial charge in [-0.25, -0.2) is 0 Å². The standard InChI is InChI=1S/C27H36Cl2N2/c1-7-23(28)17-19(3)30-25-13-9-21(10-14-25)27(5,6)22-11-15-26(16-12-22)31-20(4)18-24(29)8-2/h9-16,23-24H,7-8,17-18H2,1-6H3. The Labute approximate surface area is 198 Å². The lowest BCUT2D eigenvalue weighted by Crippen LogP contribution is -2.18. The highest BCUT2D eigenvalue weighted by Gasteiger charge is 2.23. The minimum atomic E-state index is -0.110. The number of benzene rings is 2. The van der Waals surface area contributed by atoms with Crippen LogP contribution in [0.25, 0.3) is 0 Å². The number of rotatable bonds is 10. The number of hydrogen-bond acceptors (Lipinski definition) is 2. The molecule has 0 fully saturated rings. The van der Waals surface area contributed by atoms with E-state index in [1.807, 2.05) is 13.8 Å². The van der Waals surface area contributed by atoms with E-state index < -0.39 is 0 Å². The highest BCUT2D eigenvalue weighted by molar-refractivity contribution is 6.22. The first-order valence-corrected chi connectivity index (χ1v) is 12.1. The number of aliphatic imine (C=N–C) groups is 2. The maximum atomic E-state index is 6.25. The van der Waals surface area contributed by atoms with Crippen LogP contribution in [0.2, 0.25) is 0 Å². The minimum absolute atomic E-state index is 0.110. The third kappa shape index (κ3) is 7.77. The van der Waals surface area contributed by atoms with Crippen molar-refractivity contribution in [3.63, 3.8) is 0 Å². The number of hydrogen-bond donors (Lipinski definition) is 0. The first-order chi connectivity index (χ1) is 14.6. The molecule has 0 saturated heterocycles. The van der Waals surface area contributed by atoms with Crippen LogP contribution in [0.15, 0.2) is 58.5 Å². The van der Waals surface area contributed by atoms with Crippen LogP contribution in [-0.2, 0) is 5.41 Å². The van der Waals surface area contributed by atoms with Crippen LogP contribution in [0, 0.1) is 0 Å². The number of nitrogens with zero attached hydrogens (tertiary/aromatic N) is 2. The molecule has 2 aromatic carbocycles. The lowest BCUT2D eigenvalue weighted by Gasteiger charge is -2.26. The van der Waals surface area contributed by atoms with E-state index in [0.717, 1.165) is 48.5 Å². The Bertz CT molecular complexity index is 807. The van der Waals surface area contributed by atoms with E-state index in [-0.39, 0.29) is 16.2 Å². The topological polar surface area (TPSA) is 24.7 Å². The normalized spacial score (nSPS) is 15.1. The summed E-state index contributed by atoms with van der Waals surface area (Å²) in [6.07, 6.45) is 3.56. The van der Waals surface area contributed by atoms with Crippen LogP contribution >= 0.6 is 23.2 Å². The molecule has 2 rings (SSSR count). The maximum Gasteiger partial charge on any atom is 0.0629 e. The summed E-state index contributed by atoms with van der Waals surface area (Å²) in [5.74, 6) is 0. The molecule has 2 aromatic rings. The van der Waals surface area contributed by atoms with Crippen LogP contribution in [0.4, 0.5) is 11.4 Å². The molecule has 2 atom stereocenters.